The summed E-state index contributed by atoms with van der Waals surface area (Å²) in [7, 11) is 3.06. The summed E-state index contributed by atoms with van der Waals surface area (Å²) in [6.45, 7) is 0.0904. The maximum atomic E-state index is 12.5. The van der Waals surface area contributed by atoms with Crippen LogP contribution in [0.1, 0.15) is 11.1 Å². The lowest BCUT2D eigenvalue weighted by molar-refractivity contribution is -0.137. The van der Waals surface area contributed by atoms with Crippen LogP contribution in [0.15, 0.2) is 47.5 Å². The molecule has 8 heteroatoms. The number of guanidine groups is 1. The molecule has 3 N–H and O–H groups in total. The van der Waals surface area contributed by atoms with E-state index < -0.39 is 11.7 Å². The molecule has 0 amide bonds. The Morgan fingerprint density at radius 1 is 1.07 bits per heavy atom. The Morgan fingerprint density at radius 3 is 2.33 bits per heavy atom. The van der Waals surface area contributed by atoms with Gasteiger partial charge in [0.25, 0.3) is 0 Å². The van der Waals surface area contributed by atoms with Gasteiger partial charge in [-0.1, -0.05) is 11.8 Å². The van der Waals surface area contributed by atoms with Crippen molar-refractivity contribution < 1.29 is 22.6 Å². The quantitative estimate of drug-likeness (QED) is 0.486. The van der Waals surface area contributed by atoms with Crippen molar-refractivity contribution >= 4 is 11.6 Å². The first-order valence-corrected chi connectivity index (χ1v) is 7.78. The molecule has 0 heterocycles. The van der Waals surface area contributed by atoms with Gasteiger partial charge in [0.15, 0.2) is 17.5 Å². The zero-order valence-electron chi connectivity index (χ0n) is 14.7. The van der Waals surface area contributed by atoms with E-state index in [0.717, 1.165) is 12.1 Å². The molecule has 0 saturated heterocycles. The fraction of sp³-hybridized carbons (Fsp3) is 0.211. The second-order valence-electron chi connectivity index (χ2n) is 5.27. The molecule has 142 valence electrons. The van der Waals surface area contributed by atoms with Gasteiger partial charge in [-0.05, 0) is 36.4 Å². The van der Waals surface area contributed by atoms with Crippen LogP contribution in [0.2, 0.25) is 0 Å². The van der Waals surface area contributed by atoms with E-state index in [9.17, 15) is 13.2 Å². The van der Waals surface area contributed by atoms with Gasteiger partial charge in [-0.2, -0.15) is 13.2 Å². The lowest BCUT2D eigenvalue weighted by Crippen LogP contribution is -2.22. The Hall–Kier alpha value is -3.34. The van der Waals surface area contributed by atoms with Gasteiger partial charge in [-0.3, -0.25) is 0 Å². The van der Waals surface area contributed by atoms with E-state index in [1.54, 1.807) is 18.2 Å². The zero-order chi connectivity index (χ0) is 19.9. The van der Waals surface area contributed by atoms with Gasteiger partial charge in [0.2, 0.25) is 0 Å². The van der Waals surface area contributed by atoms with Gasteiger partial charge >= 0.3 is 6.18 Å². The van der Waals surface area contributed by atoms with Crippen LogP contribution in [0.25, 0.3) is 0 Å². The number of rotatable bonds is 4. The minimum atomic E-state index is -4.36. The topological polar surface area (TPSA) is 68.9 Å². The molecule has 0 radical (unpaired) electrons. The normalized spacial score (nSPS) is 11.4. The average molecular weight is 377 g/mol. The lowest BCUT2D eigenvalue weighted by Gasteiger charge is -2.10. The van der Waals surface area contributed by atoms with Gasteiger partial charge in [-0.25, -0.2) is 4.99 Å². The number of alkyl halides is 3. The summed E-state index contributed by atoms with van der Waals surface area (Å²) in [5.41, 5.74) is 6.20. The zero-order valence-corrected chi connectivity index (χ0v) is 14.7. The highest BCUT2D eigenvalue weighted by Crippen LogP contribution is 2.30. The van der Waals surface area contributed by atoms with Gasteiger partial charge in [0.1, 0.15) is 6.54 Å². The van der Waals surface area contributed by atoms with Crippen LogP contribution in [0.5, 0.6) is 11.5 Å². The fourth-order valence-corrected chi connectivity index (χ4v) is 2.11. The molecule has 0 aliphatic rings. The summed E-state index contributed by atoms with van der Waals surface area (Å²) in [6.07, 6.45) is -4.36. The second-order valence-corrected chi connectivity index (χ2v) is 5.27. The molecule has 0 aromatic heterocycles. The minimum Gasteiger partial charge on any atom is -0.493 e. The maximum Gasteiger partial charge on any atom is 0.416 e. The standard InChI is InChI=1S/C19H18F3N3O2/c1-26-16-10-9-15(12-17(16)27-2)25-18(23)24-11-3-4-13-5-7-14(8-6-13)19(20,21)22/h5-10,12H,11H2,1-2H3,(H3,23,24,25). The third-order valence-electron chi connectivity index (χ3n) is 3.43. The summed E-state index contributed by atoms with van der Waals surface area (Å²) in [6, 6.07) is 9.77. The number of halogens is 3. The Bertz CT molecular complexity index is 866. The van der Waals surface area contributed by atoms with Crippen molar-refractivity contribution in [3.05, 3.63) is 53.6 Å². The van der Waals surface area contributed by atoms with Crippen molar-refractivity contribution in [2.24, 2.45) is 10.7 Å². The van der Waals surface area contributed by atoms with Crippen molar-refractivity contribution in [1.29, 1.82) is 0 Å². The molecular formula is C19H18F3N3O2. The molecule has 0 aliphatic heterocycles. The van der Waals surface area contributed by atoms with Crippen LogP contribution in [-0.4, -0.2) is 26.7 Å². The number of nitrogens with one attached hydrogen (secondary N) is 1. The summed E-state index contributed by atoms with van der Waals surface area (Å²) in [5, 5.41) is 2.89. The molecule has 0 fully saturated rings. The first-order chi connectivity index (χ1) is 12.8. The third-order valence-corrected chi connectivity index (χ3v) is 3.43. The molecule has 0 bridgehead atoms. The Morgan fingerprint density at radius 2 is 1.74 bits per heavy atom. The molecule has 2 rings (SSSR count). The van der Waals surface area contributed by atoms with Gasteiger partial charge < -0.3 is 20.5 Å². The minimum absolute atomic E-state index is 0.0904. The Labute approximate surface area is 155 Å². The molecule has 0 spiro atoms. The lowest BCUT2D eigenvalue weighted by atomic mass is 10.1. The highest BCUT2D eigenvalue weighted by atomic mass is 19.4. The van der Waals surface area contributed by atoms with Crippen LogP contribution < -0.4 is 20.5 Å². The van der Waals surface area contributed by atoms with E-state index in [4.69, 9.17) is 15.2 Å². The number of methoxy groups -OCH3 is 2. The predicted octanol–water partition coefficient (Wildman–Crippen LogP) is 3.50. The number of nitrogens with zero attached hydrogens (tertiary/aromatic N) is 1. The van der Waals surface area contributed by atoms with E-state index in [0.29, 0.717) is 22.7 Å². The number of anilines is 1. The first kappa shape index (κ1) is 20.0. The van der Waals surface area contributed by atoms with Crippen LogP contribution in [0.4, 0.5) is 18.9 Å². The molecule has 0 aliphatic carbocycles. The summed E-state index contributed by atoms with van der Waals surface area (Å²) in [5.74, 6) is 6.73. The maximum absolute atomic E-state index is 12.5. The number of aliphatic imine (C=N–C) groups is 1. The molecular weight excluding hydrogens is 359 g/mol. The SMILES string of the molecule is COc1ccc(NC(N)=NCC#Cc2ccc(C(F)(F)F)cc2)cc1OC. The van der Waals surface area contributed by atoms with Crippen molar-refractivity contribution in [2.45, 2.75) is 6.18 Å². The molecule has 0 atom stereocenters. The fourth-order valence-electron chi connectivity index (χ4n) is 2.11. The third kappa shape index (κ3) is 5.85. The summed E-state index contributed by atoms with van der Waals surface area (Å²) >= 11 is 0. The van der Waals surface area contributed by atoms with E-state index in [-0.39, 0.29) is 12.5 Å². The van der Waals surface area contributed by atoms with E-state index in [1.165, 1.54) is 26.4 Å². The van der Waals surface area contributed by atoms with Gasteiger partial charge in [0.05, 0.1) is 19.8 Å². The van der Waals surface area contributed by atoms with Crippen LogP contribution in [0.3, 0.4) is 0 Å². The van der Waals surface area contributed by atoms with Crippen LogP contribution >= 0.6 is 0 Å². The number of nitrogens with two attached hydrogens (primary N) is 1. The molecule has 2 aromatic carbocycles. The van der Waals surface area contributed by atoms with Crippen LogP contribution in [0, 0.1) is 11.8 Å². The summed E-state index contributed by atoms with van der Waals surface area (Å²) < 4.78 is 47.8. The van der Waals surface area contributed by atoms with Gasteiger partial charge in [-0.15, -0.1) is 0 Å². The Kier molecular flexibility index (Phi) is 6.55. The second kappa shape index (κ2) is 8.85. The first-order valence-electron chi connectivity index (χ1n) is 7.78. The number of benzene rings is 2. The molecule has 0 unspecified atom stereocenters. The van der Waals surface area contributed by atoms with Crippen molar-refractivity contribution in [3.8, 4) is 23.3 Å². The van der Waals surface area contributed by atoms with Crippen molar-refractivity contribution in [1.82, 2.24) is 0 Å². The molecule has 5 nitrogen and oxygen atoms in total. The molecule has 2 aromatic rings. The summed E-state index contributed by atoms with van der Waals surface area (Å²) in [4.78, 5) is 4.05. The van der Waals surface area contributed by atoms with Crippen LogP contribution in [-0.2, 0) is 6.18 Å². The number of hydrogen-bond donors (Lipinski definition) is 2. The highest BCUT2D eigenvalue weighted by Gasteiger charge is 2.29. The smallest absolute Gasteiger partial charge is 0.416 e. The van der Waals surface area contributed by atoms with E-state index in [1.807, 2.05) is 0 Å². The van der Waals surface area contributed by atoms with E-state index >= 15 is 0 Å². The van der Waals surface area contributed by atoms with E-state index in [2.05, 4.69) is 22.2 Å². The van der Waals surface area contributed by atoms with Crippen molar-refractivity contribution in [2.75, 3.05) is 26.1 Å². The number of ether oxygens (including phenoxy) is 2. The monoisotopic (exact) mass is 377 g/mol. The molecule has 27 heavy (non-hydrogen) atoms. The molecule has 0 saturated carbocycles. The highest BCUT2D eigenvalue weighted by molar-refractivity contribution is 5.92. The predicted molar refractivity (Wildman–Crippen MR) is 98.0 cm³/mol. The average Bonchev–Trinajstić information content (AvgIpc) is 2.64. The largest absolute Gasteiger partial charge is 0.493 e. The van der Waals surface area contributed by atoms with Gasteiger partial charge in [0, 0.05) is 17.3 Å². The van der Waals surface area contributed by atoms with Crippen molar-refractivity contribution in [3.63, 3.8) is 0 Å². The Balaban J connectivity index is 1.96. The number of hydrogen-bond acceptors (Lipinski definition) is 3.